The van der Waals surface area contributed by atoms with E-state index in [9.17, 15) is 8.42 Å². The van der Waals surface area contributed by atoms with Gasteiger partial charge in [0.25, 0.3) is 0 Å². The van der Waals surface area contributed by atoms with Crippen LogP contribution in [0.4, 0.5) is 0 Å². The molecule has 2 heterocycles. The standard InChI is InChI=1S/C20H24N4O2S/c1-14-9-10-17(12-15(14)2)27(25,26)22-13-19-23-18-8-5-11-21-20(18)24(19)16-6-3-4-7-16/h5,8-12,16,22H,3-4,6-7,13H2,1-2H3. The van der Waals surface area contributed by atoms with E-state index in [2.05, 4.69) is 19.3 Å². The molecule has 3 aromatic rings. The van der Waals surface area contributed by atoms with Crippen molar-refractivity contribution in [3.63, 3.8) is 0 Å². The molecule has 1 saturated carbocycles. The quantitative estimate of drug-likeness (QED) is 0.728. The Morgan fingerprint density at radius 3 is 2.67 bits per heavy atom. The number of benzene rings is 1. The molecule has 0 amide bonds. The fourth-order valence-corrected chi connectivity index (χ4v) is 4.84. The van der Waals surface area contributed by atoms with Crippen LogP contribution < -0.4 is 4.72 Å². The Kier molecular flexibility index (Phi) is 4.74. The molecular formula is C20H24N4O2S. The molecular weight excluding hydrogens is 360 g/mol. The Bertz CT molecular complexity index is 1080. The van der Waals surface area contributed by atoms with Crippen LogP contribution in [0.25, 0.3) is 11.2 Å². The number of rotatable bonds is 5. The van der Waals surface area contributed by atoms with Crippen LogP contribution in [-0.4, -0.2) is 23.0 Å². The smallest absolute Gasteiger partial charge is 0.240 e. The van der Waals surface area contributed by atoms with Gasteiger partial charge >= 0.3 is 0 Å². The van der Waals surface area contributed by atoms with Gasteiger partial charge in [-0.15, -0.1) is 0 Å². The minimum absolute atomic E-state index is 0.155. The molecule has 7 heteroatoms. The lowest BCUT2D eigenvalue weighted by atomic mass is 10.1. The molecule has 0 atom stereocenters. The van der Waals surface area contributed by atoms with Crippen LogP contribution in [0.1, 0.15) is 48.7 Å². The van der Waals surface area contributed by atoms with Gasteiger partial charge in [0.15, 0.2) is 5.65 Å². The summed E-state index contributed by atoms with van der Waals surface area (Å²) < 4.78 is 30.4. The summed E-state index contributed by atoms with van der Waals surface area (Å²) in [6.07, 6.45) is 6.30. The van der Waals surface area contributed by atoms with E-state index in [4.69, 9.17) is 0 Å². The molecule has 4 rings (SSSR count). The highest BCUT2D eigenvalue weighted by Crippen LogP contribution is 2.33. The number of aromatic nitrogens is 3. The van der Waals surface area contributed by atoms with Crippen molar-refractivity contribution in [3.05, 3.63) is 53.5 Å². The van der Waals surface area contributed by atoms with Crippen molar-refractivity contribution in [1.82, 2.24) is 19.3 Å². The lowest BCUT2D eigenvalue weighted by Crippen LogP contribution is -2.26. The predicted octanol–water partition coefficient (Wildman–Crippen LogP) is 3.64. The fraction of sp³-hybridized carbons (Fsp3) is 0.400. The van der Waals surface area contributed by atoms with Crippen LogP contribution in [0.3, 0.4) is 0 Å². The normalized spacial score (nSPS) is 15.6. The third-order valence-corrected chi connectivity index (χ3v) is 6.82. The van der Waals surface area contributed by atoms with Crippen molar-refractivity contribution in [2.75, 3.05) is 0 Å². The number of imidazole rings is 1. The van der Waals surface area contributed by atoms with E-state index in [-0.39, 0.29) is 11.4 Å². The molecule has 0 radical (unpaired) electrons. The average Bonchev–Trinajstić information content (AvgIpc) is 3.29. The predicted molar refractivity (Wildman–Crippen MR) is 105 cm³/mol. The zero-order valence-electron chi connectivity index (χ0n) is 15.6. The fourth-order valence-electron chi connectivity index (χ4n) is 3.77. The summed E-state index contributed by atoms with van der Waals surface area (Å²) in [4.78, 5) is 9.44. The van der Waals surface area contributed by atoms with Crippen LogP contribution >= 0.6 is 0 Å². The molecule has 0 aliphatic heterocycles. The minimum atomic E-state index is -3.60. The van der Waals surface area contributed by atoms with Gasteiger partial charge in [-0.1, -0.05) is 18.9 Å². The molecule has 1 aromatic carbocycles. The van der Waals surface area contributed by atoms with E-state index in [0.29, 0.717) is 6.04 Å². The van der Waals surface area contributed by atoms with E-state index in [0.717, 1.165) is 41.0 Å². The largest absolute Gasteiger partial charge is 0.308 e. The highest BCUT2D eigenvalue weighted by atomic mass is 32.2. The SMILES string of the molecule is Cc1ccc(S(=O)(=O)NCc2nc3cccnc3n2C2CCCC2)cc1C. The number of aryl methyl sites for hydroxylation is 2. The molecule has 0 bridgehead atoms. The number of pyridine rings is 1. The molecule has 27 heavy (non-hydrogen) atoms. The summed E-state index contributed by atoms with van der Waals surface area (Å²) in [6, 6.07) is 9.31. The summed E-state index contributed by atoms with van der Waals surface area (Å²) in [7, 11) is -3.60. The maximum atomic E-state index is 12.8. The van der Waals surface area contributed by atoms with Crippen LogP contribution in [0, 0.1) is 13.8 Å². The van der Waals surface area contributed by atoms with Gasteiger partial charge in [0.2, 0.25) is 10.0 Å². The minimum Gasteiger partial charge on any atom is -0.308 e. The Balaban J connectivity index is 1.65. The summed E-state index contributed by atoms with van der Waals surface area (Å²) in [5.41, 5.74) is 3.68. The maximum Gasteiger partial charge on any atom is 0.240 e. The molecule has 2 aromatic heterocycles. The molecule has 0 unspecified atom stereocenters. The van der Waals surface area contributed by atoms with E-state index in [1.807, 2.05) is 32.0 Å². The van der Waals surface area contributed by atoms with Gasteiger partial charge < -0.3 is 4.57 Å². The molecule has 1 fully saturated rings. The van der Waals surface area contributed by atoms with E-state index in [1.54, 1.807) is 18.3 Å². The van der Waals surface area contributed by atoms with Crippen molar-refractivity contribution in [2.24, 2.45) is 0 Å². The zero-order chi connectivity index (χ0) is 19.0. The van der Waals surface area contributed by atoms with Crippen LogP contribution in [0.5, 0.6) is 0 Å². The average molecular weight is 385 g/mol. The number of hydrogen-bond donors (Lipinski definition) is 1. The summed E-state index contributed by atoms with van der Waals surface area (Å²) >= 11 is 0. The Labute approximate surface area is 159 Å². The number of nitrogens with one attached hydrogen (secondary N) is 1. The van der Waals surface area contributed by atoms with Crippen LogP contribution in [0.15, 0.2) is 41.4 Å². The first kappa shape index (κ1) is 18.1. The Morgan fingerprint density at radius 2 is 1.93 bits per heavy atom. The van der Waals surface area contributed by atoms with Gasteiger partial charge in [-0.3, -0.25) is 0 Å². The number of nitrogens with zero attached hydrogens (tertiary/aromatic N) is 3. The van der Waals surface area contributed by atoms with Crippen LogP contribution in [-0.2, 0) is 16.6 Å². The molecule has 142 valence electrons. The highest BCUT2D eigenvalue weighted by molar-refractivity contribution is 7.89. The molecule has 0 saturated heterocycles. The van der Waals surface area contributed by atoms with Crippen LogP contribution in [0.2, 0.25) is 0 Å². The zero-order valence-corrected chi connectivity index (χ0v) is 16.5. The third kappa shape index (κ3) is 3.49. The second-order valence-corrected chi connectivity index (χ2v) is 9.02. The second-order valence-electron chi connectivity index (χ2n) is 7.25. The number of fused-ring (bicyclic) bond motifs is 1. The summed E-state index contributed by atoms with van der Waals surface area (Å²) in [5, 5.41) is 0. The Hall–Kier alpha value is -2.25. The van der Waals surface area contributed by atoms with E-state index >= 15 is 0 Å². The molecule has 1 N–H and O–H groups in total. The first-order valence-electron chi connectivity index (χ1n) is 9.34. The number of sulfonamides is 1. The lowest BCUT2D eigenvalue weighted by molar-refractivity contribution is 0.502. The van der Waals surface area contributed by atoms with Crippen molar-refractivity contribution in [2.45, 2.75) is 57.0 Å². The summed E-state index contributed by atoms with van der Waals surface area (Å²) in [6.45, 7) is 4.04. The first-order chi connectivity index (χ1) is 13.0. The lowest BCUT2D eigenvalue weighted by Gasteiger charge is -2.16. The van der Waals surface area contributed by atoms with E-state index < -0.39 is 10.0 Å². The monoisotopic (exact) mass is 384 g/mol. The molecule has 1 aliphatic carbocycles. The van der Waals surface area contributed by atoms with Gasteiger partial charge in [0.1, 0.15) is 11.3 Å². The van der Waals surface area contributed by atoms with Gasteiger partial charge in [0, 0.05) is 12.2 Å². The van der Waals surface area contributed by atoms with E-state index in [1.165, 1.54) is 12.8 Å². The van der Waals surface area contributed by atoms with Gasteiger partial charge in [0.05, 0.1) is 11.4 Å². The molecule has 1 aliphatic rings. The third-order valence-electron chi connectivity index (χ3n) is 5.42. The number of hydrogen-bond acceptors (Lipinski definition) is 4. The van der Waals surface area contributed by atoms with Gasteiger partial charge in [-0.05, 0) is 62.1 Å². The Morgan fingerprint density at radius 1 is 1.15 bits per heavy atom. The molecule has 6 nitrogen and oxygen atoms in total. The second kappa shape index (κ2) is 7.05. The van der Waals surface area contributed by atoms with Gasteiger partial charge in [-0.25, -0.2) is 23.1 Å². The van der Waals surface area contributed by atoms with Crippen molar-refractivity contribution in [3.8, 4) is 0 Å². The summed E-state index contributed by atoms with van der Waals surface area (Å²) in [5.74, 6) is 0.725. The first-order valence-corrected chi connectivity index (χ1v) is 10.8. The topological polar surface area (TPSA) is 76.9 Å². The maximum absolute atomic E-state index is 12.8. The highest BCUT2D eigenvalue weighted by Gasteiger charge is 2.24. The van der Waals surface area contributed by atoms with Crippen molar-refractivity contribution >= 4 is 21.2 Å². The molecule has 0 spiro atoms. The van der Waals surface area contributed by atoms with Gasteiger partial charge in [-0.2, -0.15) is 0 Å². The van der Waals surface area contributed by atoms with Crippen molar-refractivity contribution < 1.29 is 8.42 Å². The van der Waals surface area contributed by atoms with Crippen molar-refractivity contribution in [1.29, 1.82) is 0 Å².